The summed E-state index contributed by atoms with van der Waals surface area (Å²) in [6.45, 7) is 0. The molecule has 0 radical (unpaired) electrons. The average Bonchev–Trinajstić information content (AvgIpc) is 2.81. The second kappa shape index (κ2) is 4.59. The molecule has 19 heavy (non-hydrogen) atoms. The van der Waals surface area contributed by atoms with E-state index in [1.165, 1.54) is 5.69 Å². The summed E-state index contributed by atoms with van der Waals surface area (Å²) in [6.07, 6.45) is 0. The van der Waals surface area contributed by atoms with Gasteiger partial charge in [0.25, 0.3) is 0 Å². The van der Waals surface area contributed by atoms with E-state index in [1.807, 2.05) is 32.3 Å². The van der Waals surface area contributed by atoms with E-state index in [0.29, 0.717) is 5.02 Å². The van der Waals surface area contributed by atoms with Crippen LogP contribution in [0.3, 0.4) is 0 Å². The van der Waals surface area contributed by atoms with E-state index in [4.69, 9.17) is 11.6 Å². The number of imidazole rings is 1. The van der Waals surface area contributed by atoms with Gasteiger partial charge in [-0.15, -0.1) is 0 Å². The van der Waals surface area contributed by atoms with Gasteiger partial charge < -0.3 is 9.88 Å². The molecule has 0 amide bonds. The smallest absolute Gasteiger partial charge is 0.138 e. The number of aromatic nitrogens is 2. The third-order valence-electron chi connectivity index (χ3n) is 3.10. The Labute approximate surface area is 116 Å². The van der Waals surface area contributed by atoms with E-state index in [9.17, 15) is 0 Å². The Morgan fingerprint density at radius 2 is 1.79 bits per heavy atom. The molecular formula is C15H14ClN3. The second-order valence-electron chi connectivity index (χ2n) is 4.69. The maximum Gasteiger partial charge on any atom is 0.138 e. The Balaban J connectivity index is 2.03. The van der Waals surface area contributed by atoms with Gasteiger partial charge in [-0.2, -0.15) is 0 Å². The lowest BCUT2D eigenvalue weighted by molar-refractivity contribution is 1.13. The molecule has 0 aliphatic rings. The molecule has 0 saturated heterocycles. The maximum atomic E-state index is 5.98. The number of hydrogen-bond donors (Lipinski definition) is 1. The third-order valence-corrected chi connectivity index (χ3v) is 3.34. The summed E-state index contributed by atoms with van der Waals surface area (Å²) in [7, 11) is 4.05. The Morgan fingerprint density at radius 3 is 2.47 bits per heavy atom. The topological polar surface area (TPSA) is 31.9 Å². The normalized spacial score (nSPS) is 10.9. The number of fused-ring (bicyclic) bond motifs is 1. The number of aromatic amines is 1. The van der Waals surface area contributed by atoms with Crippen LogP contribution >= 0.6 is 11.6 Å². The molecule has 3 rings (SSSR count). The lowest BCUT2D eigenvalue weighted by atomic mass is 10.2. The number of nitrogens with one attached hydrogen (secondary N) is 1. The van der Waals surface area contributed by atoms with Gasteiger partial charge in [0.05, 0.1) is 11.0 Å². The molecule has 1 aromatic heterocycles. The number of nitrogens with zero attached hydrogens (tertiary/aromatic N) is 2. The first-order valence-electron chi connectivity index (χ1n) is 6.06. The van der Waals surface area contributed by atoms with Crippen LogP contribution in [0.2, 0.25) is 5.02 Å². The predicted molar refractivity (Wildman–Crippen MR) is 80.9 cm³/mol. The highest BCUT2D eigenvalue weighted by Crippen LogP contribution is 2.24. The van der Waals surface area contributed by atoms with Crippen molar-refractivity contribution in [2.24, 2.45) is 0 Å². The number of rotatable bonds is 2. The number of anilines is 1. The molecule has 0 saturated carbocycles. The molecule has 0 bridgehead atoms. The summed E-state index contributed by atoms with van der Waals surface area (Å²) < 4.78 is 0. The van der Waals surface area contributed by atoms with Crippen LogP contribution < -0.4 is 4.90 Å². The molecule has 3 aromatic rings. The number of hydrogen-bond acceptors (Lipinski definition) is 2. The summed E-state index contributed by atoms with van der Waals surface area (Å²) in [6, 6.07) is 13.9. The largest absolute Gasteiger partial charge is 0.378 e. The minimum absolute atomic E-state index is 0.714. The zero-order chi connectivity index (χ0) is 13.4. The van der Waals surface area contributed by atoms with Crippen molar-refractivity contribution in [1.82, 2.24) is 9.97 Å². The molecule has 4 heteroatoms. The molecule has 0 spiro atoms. The first-order valence-corrected chi connectivity index (χ1v) is 6.44. The predicted octanol–water partition coefficient (Wildman–Crippen LogP) is 3.95. The number of benzene rings is 2. The Bertz CT molecular complexity index is 714. The molecular weight excluding hydrogens is 258 g/mol. The zero-order valence-corrected chi connectivity index (χ0v) is 11.6. The van der Waals surface area contributed by atoms with Crippen LogP contribution in [0.1, 0.15) is 0 Å². The van der Waals surface area contributed by atoms with E-state index >= 15 is 0 Å². The van der Waals surface area contributed by atoms with Crippen molar-refractivity contribution in [2.45, 2.75) is 0 Å². The fraction of sp³-hybridized carbons (Fsp3) is 0.133. The summed E-state index contributed by atoms with van der Waals surface area (Å²) >= 11 is 5.98. The van der Waals surface area contributed by atoms with Crippen LogP contribution in [0.5, 0.6) is 0 Å². The standard InChI is InChI=1S/C15H14ClN3/c1-19(2)12-6-3-10(4-7-12)15-17-13-8-5-11(16)9-14(13)18-15/h3-9H,1-2H3,(H,17,18). The van der Waals surface area contributed by atoms with Gasteiger partial charge in [0.1, 0.15) is 5.82 Å². The quantitative estimate of drug-likeness (QED) is 0.765. The van der Waals surface area contributed by atoms with Gasteiger partial charge in [-0.3, -0.25) is 0 Å². The molecule has 0 unspecified atom stereocenters. The van der Waals surface area contributed by atoms with E-state index in [-0.39, 0.29) is 0 Å². The monoisotopic (exact) mass is 271 g/mol. The molecule has 1 N–H and O–H groups in total. The summed E-state index contributed by atoms with van der Waals surface area (Å²) in [5.41, 5.74) is 4.12. The second-order valence-corrected chi connectivity index (χ2v) is 5.12. The molecule has 2 aromatic carbocycles. The summed E-state index contributed by atoms with van der Waals surface area (Å²) in [4.78, 5) is 9.93. The van der Waals surface area contributed by atoms with Crippen molar-refractivity contribution in [3.63, 3.8) is 0 Å². The zero-order valence-electron chi connectivity index (χ0n) is 10.8. The summed E-state index contributed by atoms with van der Waals surface area (Å²) in [5.74, 6) is 0.863. The van der Waals surface area contributed by atoms with Gasteiger partial charge in [0, 0.05) is 30.4 Å². The Morgan fingerprint density at radius 1 is 1.05 bits per heavy atom. The molecule has 1 heterocycles. The van der Waals surface area contributed by atoms with Crippen molar-refractivity contribution < 1.29 is 0 Å². The first kappa shape index (κ1) is 12.1. The van der Waals surface area contributed by atoms with E-state index in [2.05, 4.69) is 39.1 Å². The minimum Gasteiger partial charge on any atom is -0.378 e. The van der Waals surface area contributed by atoms with Gasteiger partial charge in [0.2, 0.25) is 0 Å². The van der Waals surface area contributed by atoms with Gasteiger partial charge in [-0.05, 0) is 42.5 Å². The van der Waals surface area contributed by atoms with Gasteiger partial charge in [0.15, 0.2) is 0 Å². The SMILES string of the molecule is CN(C)c1ccc(-c2nc3ccc(Cl)cc3[nH]2)cc1. The number of H-pyrrole nitrogens is 1. The third kappa shape index (κ3) is 2.29. The van der Waals surface area contributed by atoms with E-state index < -0.39 is 0 Å². The molecule has 0 aliphatic heterocycles. The highest BCUT2D eigenvalue weighted by Gasteiger charge is 2.06. The molecule has 0 atom stereocenters. The van der Waals surface area contributed by atoms with Crippen LogP contribution in [0.25, 0.3) is 22.4 Å². The van der Waals surface area contributed by atoms with Crippen molar-refractivity contribution in [3.05, 3.63) is 47.5 Å². The molecule has 3 nitrogen and oxygen atoms in total. The van der Waals surface area contributed by atoms with Crippen LogP contribution in [0, 0.1) is 0 Å². The lowest BCUT2D eigenvalue weighted by Crippen LogP contribution is -2.07. The van der Waals surface area contributed by atoms with E-state index in [1.54, 1.807) is 0 Å². The van der Waals surface area contributed by atoms with Crippen LogP contribution in [0.4, 0.5) is 5.69 Å². The van der Waals surface area contributed by atoms with E-state index in [0.717, 1.165) is 22.4 Å². The van der Waals surface area contributed by atoms with Crippen LogP contribution in [0.15, 0.2) is 42.5 Å². The summed E-state index contributed by atoms with van der Waals surface area (Å²) in [5, 5.41) is 0.714. The van der Waals surface area contributed by atoms with Crippen LogP contribution in [-0.2, 0) is 0 Å². The van der Waals surface area contributed by atoms with Gasteiger partial charge in [-0.1, -0.05) is 11.6 Å². The van der Waals surface area contributed by atoms with Crippen LogP contribution in [-0.4, -0.2) is 24.1 Å². The van der Waals surface area contributed by atoms with Crippen molar-refractivity contribution in [1.29, 1.82) is 0 Å². The number of halogens is 1. The lowest BCUT2D eigenvalue weighted by Gasteiger charge is -2.11. The van der Waals surface area contributed by atoms with Crippen molar-refractivity contribution in [2.75, 3.05) is 19.0 Å². The van der Waals surface area contributed by atoms with Gasteiger partial charge >= 0.3 is 0 Å². The highest BCUT2D eigenvalue weighted by molar-refractivity contribution is 6.31. The Kier molecular flexibility index (Phi) is 2.91. The van der Waals surface area contributed by atoms with Gasteiger partial charge in [-0.25, -0.2) is 4.98 Å². The fourth-order valence-electron chi connectivity index (χ4n) is 2.04. The minimum atomic E-state index is 0.714. The highest BCUT2D eigenvalue weighted by atomic mass is 35.5. The maximum absolute atomic E-state index is 5.98. The first-order chi connectivity index (χ1) is 9.13. The average molecular weight is 272 g/mol. The molecule has 96 valence electrons. The molecule has 0 aliphatic carbocycles. The Hall–Kier alpha value is -2.00. The molecule has 0 fully saturated rings. The van der Waals surface area contributed by atoms with Crippen molar-refractivity contribution in [3.8, 4) is 11.4 Å². The fourth-order valence-corrected chi connectivity index (χ4v) is 2.21. The van der Waals surface area contributed by atoms with Crippen molar-refractivity contribution >= 4 is 28.3 Å².